The Hall–Kier alpha value is -0.820. The van der Waals surface area contributed by atoms with Crippen molar-refractivity contribution in [2.24, 2.45) is 0 Å². The van der Waals surface area contributed by atoms with E-state index in [-0.39, 0.29) is 0 Å². The maximum absolute atomic E-state index is 5.46. The molecule has 0 aliphatic heterocycles. The van der Waals surface area contributed by atoms with Crippen molar-refractivity contribution in [3.63, 3.8) is 0 Å². The SMILES string of the molecule is CCCOC/C=C(\C)CC/C=C(\C)CCC=C(C)C. The summed E-state index contributed by atoms with van der Waals surface area (Å²) >= 11 is 0. The molecule has 0 aliphatic rings. The highest BCUT2D eigenvalue weighted by Crippen LogP contribution is 2.11. The Bertz CT molecular complexity index is 304. The van der Waals surface area contributed by atoms with Crippen LogP contribution in [0.25, 0.3) is 0 Å². The molecule has 0 aromatic carbocycles. The highest BCUT2D eigenvalue weighted by Gasteiger charge is 1.92. The van der Waals surface area contributed by atoms with Crippen LogP contribution in [0.15, 0.2) is 34.9 Å². The first-order valence-corrected chi connectivity index (χ1v) is 7.58. The van der Waals surface area contributed by atoms with Crippen LogP contribution < -0.4 is 0 Å². The van der Waals surface area contributed by atoms with Crippen LogP contribution in [0.4, 0.5) is 0 Å². The van der Waals surface area contributed by atoms with Crippen LogP contribution in [0, 0.1) is 0 Å². The lowest BCUT2D eigenvalue weighted by atomic mass is 10.1. The second-order valence-electron chi connectivity index (χ2n) is 5.53. The Kier molecular flexibility index (Phi) is 11.7. The van der Waals surface area contributed by atoms with Crippen molar-refractivity contribution < 1.29 is 4.74 Å². The zero-order valence-electron chi connectivity index (χ0n) is 13.6. The summed E-state index contributed by atoms with van der Waals surface area (Å²) in [6.07, 6.45) is 12.7. The van der Waals surface area contributed by atoms with Crippen LogP contribution in [-0.2, 0) is 4.74 Å². The number of allylic oxidation sites excluding steroid dienone is 5. The molecule has 0 saturated carbocycles. The van der Waals surface area contributed by atoms with Crippen LogP contribution in [0.3, 0.4) is 0 Å². The summed E-state index contributed by atoms with van der Waals surface area (Å²) in [5, 5.41) is 0. The number of hydrogen-bond donors (Lipinski definition) is 0. The van der Waals surface area contributed by atoms with E-state index in [4.69, 9.17) is 4.74 Å². The van der Waals surface area contributed by atoms with E-state index in [0.717, 1.165) is 32.5 Å². The van der Waals surface area contributed by atoms with Crippen LogP contribution in [0.5, 0.6) is 0 Å². The van der Waals surface area contributed by atoms with Crippen LogP contribution >= 0.6 is 0 Å². The van der Waals surface area contributed by atoms with Gasteiger partial charge in [-0.2, -0.15) is 0 Å². The molecular formula is C18H32O. The van der Waals surface area contributed by atoms with Gasteiger partial charge < -0.3 is 4.74 Å². The van der Waals surface area contributed by atoms with Gasteiger partial charge >= 0.3 is 0 Å². The molecule has 1 heteroatoms. The number of ether oxygens (including phenoxy) is 1. The molecule has 1 nitrogen and oxygen atoms in total. The Balaban J connectivity index is 3.77. The summed E-state index contributed by atoms with van der Waals surface area (Å²) in [5.74, 6) is 0. The van der Waals surface area contributed by atoms with E-state index in [9.17, 15) is 0 Å². The number of rotatable bonds is 10. The van der Waals surface area contributed by atoms with Gasteiger partial charge in [0.1, 0.15) is 0 Å². The molecule has 0 heterocycles. The smallest absolute Gasteiger partial charge is 0.0649 e. The van der Waals surface area contributed by atoms with Crippen LogP contribution in [0.1, 0.15) is 66.7 Å². The Morgan fingerprint density at radius 2 is 1.42 bits per heavy atom. The summed E-state index contributed by atoms with van der Waals surface area (Å²) in [4.78, 5) is 0. The fraction of sp³-hybridized carbons (Fsp3) is 0.667. The third-order valence-electron chi connectivity index (χ3n) is 3.02. The lowest BCUT2D eigenvalue weighted by Gasteiger charge is -2.02. The molecule has 0 fully saturated rings. The second kappa shape index (κ2) is 12.2. The molecule has 0 rings (SSSR count). The summed E-state index contributed by atoms with van der Waals surface area (Å²) < 4.78 is 5.46. The third-order valence-corrected chi connectivity index (χ3v) is 3.02. The molecule has 0 saturated heterocycles. The fourth-order valence-electron chi connectivity index (χ4n) is 1.77. The van der Waals surface area contributed by atoms with E-state index >= 15 is 0 Å². The minimum Gasteiger partial charge on any atom is -0.377 e. The molecule has 0 aromatic heterocycles. The maximum Gasteiger partial charge on any atom is 0.0649 e. The van der Waals surface area contributed by atoms with Crippen molar-refractivity contribution in [3.05, 3.63) is 34.9 Å². The lowest BCUT2D eigenvalue weighted by Crippen LogP contribution is -1.93. The van der Waals surface area contributed by atoms with E-state index in [1.165, 1.54) is 29.6 Å². The van der Waals surface area contributed by atoms with Gasteiger partial charge in [-0.15, -0.1) is 0 Å². The highest BCUT2D eigenvalue weighted by atomic mass is 16.5. The first-order chi connectivity index (χ1) is 9.06. The van der Waals surface area contributed by atoms with Crippen LogP contribution in [-0.4, -0.2) is 13.2 Å². The highest BCUT2D eigenvalue weighted by molar-refractivity contribution is 5.05. The van der Waals surface area contributed by atoms with Gasteiger partial charge in [0.05, 0.1) is 6.61 Å². The van der Waals surface area contributed by atoms with Crippen LogP contribution in [0.2, 0.25) is 0 Å². The van der Waals surface area contributed by atoms with Gasteiger partial charge in [0.15, 0.2) is 0 Å². The monoisotopic (exact) mass is 264 g/mol. The van der Waals surface area contributed by atoms with Gasteiger partial charge in [-0.25, -0.2) is 0 Å². The van der Waals surface area contributed by atoms with Crippen molar-refractivity contribution in [3.8, 4) is 0 Å². The minimum absolute atomic E-state index is 0.767. The standard InChI is InChI=1S/C18H32O/c1-6-14-19-15-13-18(5)12-8-11-17(4)10-7-9-16(2)3/h9,11,13H,6-8,10,12,14-15H2,1-5H3/b17-11+,18-13+. The quantitative estimate of drug-likeness (QED) is 0.356. The normalized spacial score (nSPS) is 12.7. The van der Waals surface area contributed by atoms with E-state index in [1.807, 2.05) is 0 Å². The molecule has 0 N–H and O–H groups in total. The average molecular weight is 264 g/mol. The Labute approximate surface area is 120 Å². The Morgan fingerprint density at radius 1 is 0.842 bits per heavy atom. The predicted octanol–water partition coefficient (Wildman–Crippen LogP) is 5.83. The van der Waals surface area contributed by atoms with Crippen molar-refractivity contribution in [2.75, 3.05) is 13.2 Å². The lowest BCUT2D eigenvalue weighted by molar-refractivity contribution is 0.162. The van der Waals surface area contributed by atoms with Gasteiger partial charge in [-0.05, 0) is 59.8 Å². The topological polar surface area (TPSA) is 9.23 Å². The molecule has 0 radical (unpaired) electrons. The minimum atomic E-state index is 0.767. The van der Waals surface area contributed by atoms with Crippen molar-refractivity contribution in [2.45, 2.75) is 66.7 Å². The van der Waals surface area contributed by atoms with E-state index in [2.05, 4.69) is 52.8 Å². The zero-order valence-corrected chi connectivity index (χ0v) is 13.6. The van der Waals surface area contributed by atoms with Crippen molar-refractivity contribution in [1.29, 1.82) is 0 Å². The Morgan fingerprint density at radius 3 is 2.00 bits per heavy atom. The molecule has 0 aromatic rings. The van der Waals surface area contributed by atoms with E-state index < -0.39 is 0 Å². The molecule has 0 amide bonds. The van der Waals surface area contributed by atoms with Gasteiger partial charge in [-0.1, -0.05) is 41.9 Å². The average Bonchev–Trinajstić information content (AvgIpc) is 2.34. The summed E-state index contributed by atoms with van der Waals surface area (Å²) in [5.41, 5.74) is 4.36. The first-order valence-electron chi connectivity index (χ1n) is 7.58. The molecule has 110 valence electrons. The van der Waals surface area contributed by atoms with Gasteiger partial charge in [0.2, 0.25) is 0 Å². The molecule has 0 aliphatic carbocycles. The largest absolute Gasteiger partial charge is 0.377 e. The summed E-state index contributed by atoms with van der Waals surface area (Å²) in [6.45, 7) is 12.5. The second-order valence-corrected chi connectivity index (χ2v) is 5.53. The molecule has 0 bridgehead atoms. The van der Waals surface area contributed by atoms with Crippen molar-refractivity contribution in [1.82, 2.24) is 0 Å². The summed E-state index contributed by atoms with van der Waals surface area (Å²) in [7, 11) is 0. The molecular weight excluding hydrogens is 232 g/mol. The fourth-order valence-corrected chi connectivity index (χ4v) is 1.77. The first kappa shape index (κ1) is 18.2. The molecule has 0 spiro atoms. The number of hydrogen-bond acceptors (Lipinski definition) is 1. The third kappa shape index (κ3) is 13.4. The zero-order chi connectivity index (χ0) is 14.5. The van der Waals surface area contributed by atoms with E-state index in [1.54, 1.807) is 0 Å². The molecule has 0 atom stereocenters. The summed E-state index contributed by atoms with van der Waals surface area (Å²) in [6, 6.07) is 0. The van der Waals surface area contributed by atoms with E-state index in [0.29, 0.717) is 0 Å². The molecule has 0 unspecified atom stereocenters. The van der Waals surface area contributed by atoms with Crippen molar-refractivity contribution >= 4 is 0 Å². The van der Waals surface area contributed by atoms with Gasteiger partial charge in [0.25, 0.3) is 0 Å². The maximum atomic E-state index is 5.46. The van der Waals surface area contributed by atoms with Gasteiger partial charge in [0, 0.05) is 6.61 Å². The van der Waals surface area contributed by atoms with Gasteiger partial charge in [-0.3, -0.25) is 0 Å². The predicted molar refractivity (Wildman–Crippen MR) is 86.5 cm³/mol. The molecule has 19 heavy (non-hydrogen) atoms.